The number of hydrogen-bond donors (Lipinski definition) is 1. The summed E-state index contributed by atoms with van der Waals surface area (Å²) in [6.45, 7) is 1.52. The first-order valence-electron chi connectivity index (χ1n) is 7.74. The predicted octanol–water partition coefficient (Wildman–Crippen LogP) is 3.73. The van der Waals surface area contributed by atoms with E-state index in [0.29, 0.717) is 13.0 Å². The van der Waals surface area contributed by atoms with Crippen molar-refractivity contribution in [2.75, 3.05) is 20.6 Å². The van der Waals surface area contributed by atoms with Crippen LogP contribution in [0.2, 0.25) is 0 Å². The Kier molecular flexibility index (Phi) is 8.38. The van der Waals surface area contributed by atoms with E-state index in [1.807, 2.05) is 49.3 Å². The Labute approximate surface area is 145 Å². The predicted molar refractivity (Wildman–Crippen MR) is 98.8 cm³/mol. The molecule has 1 amide bonds. The average Bonchev–Trinajstić information content (AvgIpc) is 2.56. The summed E-state index contributed by atoms with van der Waals surface area (Å²) in [6.07, 6.45) is 1.46. The molecule has 0 atom stereocenters. The van der Waals surface area contributed by atoms with Gasteiger partial charge in [0.15, 0.2) is 0 Å². The molecule has 0 heterocycles. The van der Waals surface area contributed by atoms with Crippen LogP contribution in [0.3, 0.4) is 0 Å². The lowest BCUT2D eigenvalue weighted by Crippen LogP contribution is -2.27. The Morgan fingerprint density at radius 2 is 1.70 bits per heavy atom. The van der Waals surface area contributed by atoms with Crippen LogP contribution < -0.4 is 5.32 Å². The van der Waals surface area contributed by atoms with Crippen molar-refractivity contribution in [2.24, 2.45) is 0 Å². The second-order valence-corrected chi connectivity index (χ2v) is 5.48. The zero-order valence-corrected chi connectivity index (χ0v) is 14.6. The van der Waals surface area contributed by atoms with Gasteiger partial charge in [0.25, 0.3) is 0 Å². The molecule has 1 N–H and O–H groups in total. The second-order valence-electron chi connectivity index (χ2n) is 5.48. The van der Waals surface area contributed by atoms with Crippen molar-refractivity contribution in [1.82, 2.24) is 10.2 Å². The molecule has 0 fully saturated rings. The number of amides is 1. The van der Waals surface area contributed by atoms with E-state index >= 15 is 0 Å². The molecule has 2 rings (SSSR count). The molecule has 0 aliphatic carbocycles. The third kappa shape index (κ3) is 5.70. The van der Waals surface area contributed by atoms with Gasteiger partial charge in [0.2, 0.25) is 5.91 Å². The lowest BCUT2D eigenvalue weighted by atomic mass is 9.99. The highest BCUT2D eigenvalue weighted by molar-refractivity contribution is 5.85. The SMILES string of the molecule is CNCCCC(=O)N(C)Cc1ccccc1-c1ccccc1.Cl. The van der Waals surface area contributed by atoms with Gasteiger partial charge in [-0.25, -0.2) is 0 Å². The molecule has 2 aromatic carbocycles. The molecular weight excluding hydrogens is 308 g/mol. The number of carbonyl (C=O) groups is 1. The Morgan fingerprint density at radius 1 is 1.04 bits per heavy atom. The van der Waals surface area contributed by atoms with Crippen molar-refractivity contribution in [3.05, 3.63) is 60.2 Å². The molecule has 0 unspecified atom stereocenters. The molecule has 0 saturated heterocycles. The Morgan fingerprint density at radius 3 is 2.39 bits per heavy atom. The normalized spacial score (nSPS) is 10.0. The summed E-state index contributed by atoms with van der Waals surface area (Å²) < 4.78 is 0. The van der Waals surface area contributed by atoms with Crippen molar-refractivity contribution in [3.8, 4) is 11.1 Å². The molecule has 0 aliphatic rings. The maximum Gasteiger partial charge on any atom is 0.222 e. The van der Waals surface area contributed by atoms with Gasteiger partial charge in [-0.05, 0) is 36.7 Å². The van der Waals surface area contributed by atoms with Gasteiger partial charge in [-0.3, -0.25) is 4.79 Å². The lowest BCUT2D eigenvalue weighted by Gasteiger charge is -2.19. The quantitative estimate of drug-likeness (QED) is 0.783. The molecular formula is C19H25ClN2O. The molecule has 124 valence electrons. The highest BCUT2D eigenvalue weighted by Gasteiger charge is 2.11. The van der Waals surface area contributed by atoms with E-state index in [2.05, 4.69) is 29.6 Å². The van der Waals surface area contributed by atoms with Crippen molar-refractivity contribution < 1.29 is 4.79 Å². The molecule has 0 bridgehead atoms. The molecule has 0 aliphatic heterocycles. The number of nitrogens with one attached hydrogen (secondary N) is 1. The van der Waals surface area contributed by atoms with Crippen LogP contribution in [0.4, 0.5) is 0 Å². The van der Waals surface area contributed by atoms with E-state index in [-0.39, 0.29) is 18.3 Å². The molecule has 0 aromatic heterocycles. The largest absolute Gasteiger partial charge is 0.341 e. The van der Waals surface area contributed by atoms with Crippen LogP contribution in [0.1, 0.15) is 18.4 Å². The Bertz CT molecular complexity index is 601. The van der Waals surface area contributed by atoms with Crippen LogP contribution in [0.25, 0.3) is 11.1 Å². The molecule has 0 radical (unpaired) electrons. The first kappa shape index (κ1) is 19.2. The topological polar surface area (TPSA) is 32.3 Å². The van der Waals surface area contributed by atoms with Crippen molar-refractivity contribution in [2.45, 2.75) is 19.4 Å². The van der Waals surface area contributed by atoms with Crippen molar-refractivity contribution >= 4 is 18.3 Å². The van der Waals surface area contributed by atoms with Crippen LogP contribution in [0, 0.1) is 0 Å². The van der Waals surface area contributed by atoms with Crippen molar-refractivity contribution in [1.29, 1.82) is 0 Å². The fourth-order valence-electron chi connectivity index (χ4n) is 2.51. The van der Waals surface area contributed by atoms with E-state index in [1.165, 1.54) is 16.7 Å². The van der Waals surface area contributed by atoms with E-state index < -0.39 is 0 Å². The standard InChI is InChI=1S/C19H24N2O.ClH/c1-20-14-8-13-19(22)21(2)15-17-11-6-7-12-18(17)16-9-4-3-5-10-16;/h3-7,9-12,20H,8,13-15H2,1-2H3;1H. The summed E-state index contributed by atoms with van der Waals surface area (Å²) in [4.78, 5) is 14.0. The molecule has 3 nitrogen and oxygen atoms in total. The van der Waals surface area contributed by atoms with Gasteiger partial charge in [-0.2, -0.15) is 0 Å². The minimum absolute atomic E-state index is 0. The number of rotatable bonds is 7. The smallest absolute Gasteiger partial charge is 0.222 e. The van der Waals surface area contributed by atoms with Gasteiger partial charge in [0, 0.05) is 20.0 Å². The van der Waals surface area contributed by atoms with Gasteiger partial charge in [-0.1, -0.05) is 54.6 Å². The van der Waals surface area contributed by atoms with E-state index in [0.717, 1.165) is 13.0 Å². The summed E-state index contributed by atoms with van der Waals surface area (Å²) in [6, 6.07) is 18.6. The molecule has 2 aromatic rings. The average molecular weight is 333 g/mol. The number of carbonyl (C=O) groups excluding carboxylic acids is 1. The van der Waals surface area contributed by atoms with Crippen LogP contribution in [-0.4, -0.2) is 31.4 Å². The number of halogens is 1. The van der Waals surface area contributed by atoms with E-state index in [4.69, 9.17) is 0 Å². The van der Waals surface area contributed by atoms with Crippen LogP contribution in [0.15, 0.2) is 54.6 Å². The number of benzene rings is 2. The van der Waals surface area contributed by atoms with Gasteiger partial charge in [0.1, 0.15) is 0 Å². The zero-order valence-electron chi connectivity index (χ0n) is 13.8. The number of hydrogen-bond acceptors (Lipinski definition) is 2. The summed E-state index contributed by atoms with van der Waals surface area (Å²) in [5.41, 5.74) is 3.56. The minimum atomic E-state index is 0. The Hall–Kier alpha value is -1.84. The number of nitrogens with zero attached hydrogens (tertiary/aromatic N) is 1. The molecule has 4 heteroatoms. The first-order chi connectivity index (χ1) is 10.7. The lowest BCUT2D eigenvalue weighted by molar-refractivity contribution is -0.130. The van der Waals surface area contributed by atoms with Crippen LogP contribution in [-0.2, 0) is 11.3 Å². The monoisotopic (exact) mass is 332 g/mol. The molecule has 23 heavy (non-hydrogen) atoms. The van der Waals surface area contributed by atoms with Gasteiger partial charge in [0.05, 0.1) is 0 Å². The fourth-order valence-corrected chi connectivity index (χ4v) is 2.51. The highest BCUT2D eigenvalue weighted by atomic mass is 35.5. The van der Waals surface area contributed by atoms with Gasteiger partial charge < -0.3 is 10.2 Å². The maximum atomic E-state index is 12.2. The second kappa shape index (κ2) is 10.0. The van der Waals surface area contributed by atoms with Crippen LogP contribution in [0.5, 0.6) is 0 Å². The summed E-state index contributed by atoms with van der Waals surface area (Å²) in [5.74, 6) is 0.193. The summed E-state index contributed by atoms with van der Waals surface area (Å²) in [5, 5.41) is 3.07. The fraction of sp³-hybridized carbons (Fsp3) is 0.316. The summed E-state index contributed by atoms with van der Waals surface area (Å²) >= 11 is 0. The first-order valence-corrected chi connectivity index (χ1v) is 7.74. The van der Waals surface area contributed by atoms with Crippen LogP contribution >= 0.6 is 12.4 Å². The maximum absolute atomic E-state index is 12.2. The van der Waals surface area contributed by atoms with E-state index in [9.17, 15) is 4.79 Å². The summed E-state index contributed by atoms with van der Waals surface area (Å²) in [7, 11) is 3.79. The van der Waals surface area contributed by atoms with Gasteiger partial charge in [-0.15, -0.1) is 12.4 Å². The third-order valence-electron chi connectivity index (χ3n) is 3.75. The Balaban J connectivity index is 0.00000264. The van der Waals surface area contributed by atoms with E-state index in [1.54, 1.807) is 0 Å². The minimum Gasteiger partial charge on any atom is -0.341 e. The molecule has 0 spiro atoms. The van der Waals surface area contributed by atoms with Gasteiger partial charge >= 0.3 is 0 Å². The highest BCUT2D eigenvalue weighted by Crippen LogP contribution is 2.24. The molecule has 0 saturated carbocycles. The zero-order chi connectivity index (χ0) is 15.8. The van der Waals surface area contributed by atoms with Crippen molar-refractivity contribution in [3.63, 3.8) is 0 Å². The third-order valence-corrected chi connectivity index (χ3v) is 3.75.